The lowest BCUT2D eigenvalue weighted by Crippen LogP contribution is -2.47. The summed E-state index contributed by atoms with van der Waals surface area (Å²) in [6.45, 7) is 10.7. The molecule has 2 amide bonds. The first kappa shape index (κ1) is 17.9. The predicted octanol–water partition coefficient (Wildman–Crippen LogP) is 1.99. The Morgan fingerprint density at radius 3 is 2.62 bits per heavy atom. The van der Waals surface area contributed by atoms with Gasteiger partial charge in [-0.1, -0.05) is 13.8 Å². The fourth-order valence-corrected chi connectivity index (χ4v) is 2.99. The quantitative estimate of drug-likeness (QED) is 0.688. The first-order valence-electron chi connectivity index (χ1n) is 7.41. The van der Waals surface area contributed by atoms with Gasteiger partial charge in [0.25, 0.3) is 0 Å². The van der Waals surface area contributed by atoms with Gasteiger partial charge in [0.05, 0.1) is 6.54 Å². The number of thiophene rings is 1. The van der Waals surface area contributed by atoms with E-state index in [1.54, 1.807) is 6.92 Å². The van der Waals surface area contributed by atoms with E-state index >= 15 is 0 Å². The van der Waals surface area contributed by atoms with Crippen molar-refractivity contribution in [2.24, 2.45) is 0 Å². The summed E-state index contributed by atoms with van der Waals surface area (Å²) in [5, 5.41) is 19.7. The number of hydrogen-bond acceptors (Lipinski definition) is 4. The molecule has 0 saturated carbocycles. The van der Waals surface area contributed by atoms with Crippen molar-refractivity contribution in [3.63, 3.8) is 0 Å². The van der Waals surface area contributed by atoms with Gasteiger partial charge in [-0.2, -0.15) is 11.3 Å². The van der Waals surface area contributed by atoms with E-state index in [9.17, 15) is 9.90 Å². The number of carbonyl (C=O) groups is 1. The van der Waals surface area contributed by atoms with E-state index < -0.39 is 5.60 Å². The third-order valence-corrected chi connectivity index (χ3v) is 4.41. The Morgan fingerprint density at radius 1 is 1.43 bits per heavy atom. The minimum atomic E-state index is -1.04. The monoisotopic (exact) mass is 313 g/mol. The second kappa shape index (κ2) is 8.36. The van der Waals surface area contributed by atoms with Gasteiger partial charge in [0.1, 0.15) is 5.60 Å². The third-order valence-electron chi connectivity index (χ3n) is 3.73. The van der Waals surface area contributed by atoms with Gasteiger partial charge in [-0.15, -0.1) is 0 Å². The van der Waals surface area contributed by atoms with Crippen LogP contribution in [0.5, 0.6) is 0 Å². The largest absolute Gasteiger partial charge is 0.384 e. The zero-order chi connectivity index (χ0) is 15.9. The maximum atomic E-state index is 11.8. The number of aliphatic hydroxyl groups is 1. The highest BCUT2D eigenvalue weighted by Gasteiger charge is 2.24. The van der Waals surface area contributed by atoms with Crippen molar-refractivity contribution in [3.05, 3.63) is 22.4 Å². The van der Waals surface area contributed by atoms with Crippen molar-refractivity contribution in [1.29, 1.82) is 0 Å². The Bertz CT molecular complexity index is 417. The van der Waals surface area contributed by atoms with Crippen LogP contribution in [0, 0.1) is 0 Å². The van der Waals surface area contributed by atoms with Crippen molar-refractivity contribution in [1.82, 2.24) is 15.5 Å². The van der Waals surface area contributed by atoms with Gasteiger partial charge in [0, 0.05) is 12.6 Å². The molecular formula is C15H27N3O2S. The van der Waals surface area contributed by atoms with Gasteiger partial charge in [-0.25, -0.2) is 4.79 Å². The minimum Gasteiger partial charge on any atom is -0.384 e. The van der Waals surface area contributed by atoms with E-state index in [0.29, 0.717) is 12.6 Å². The molecule has 1 aromatic heterocycles. The molecule has 0 radical (unpaired) electrons. The SMILES string of the molecule is CCN(CC)C(C)CNC(=O)NCC(C)(O)c1ccsc1. The van der Waals surface area contributed by atoms with Crippen LogP contribution in [-0.4, -0.2) is 48.3 Å². The average Bonchev–Trinajstić information content (AvgIpc) is 2.99. The van der Waals surface area contributed by atoms with E-state index in [0.717, 1.165) is 18.7 Å². The average molecular weight is 313 g/mol. The lowest BCUT2D eigenvalue weighted by Gasteiger charge is -2.27. The Labute approximate surface area is 131 Å². The highest BCUT2D eigenvalue weighted by Crippen LogP contribution is 2.21. The molecule has 2 unspecified atom stereocenters. The smallest absolute Gasteiger partial charge is 0.314 e. The summed E-state index contributed by atoms with van der Waals surface area (Å²) < 4.78 is 0. The molecule has 0 bridgehead atoms. The summed E-state index contributed by atoms with van der Waals surface area (Å²) in [4.78, 5) is 14.1. The van der Waals surface area contributed by atoms with Crippen LogP contribution in [0.15, 0.2) is 16.8 Å². The zero-order valence-corrected chi connectivity index (χ0v) is 14.2. The van der Waals surface area contributed by atoms with E-state index in [4.69, 9.17) is 0 Å². The van der Waals surface area contributed by atoms with Crippen molar-refractivity contribution in [2.45, 2.75) is 39.3 Å². The van der Waals surface area contributed by atoms with Crippen molar-refractivity contribution < 1.29 is 9.90 Å². The van der Waals surface area contributed by atoms with E-state index in [1.165, 1.54) is 11.3 Å². The lowest BCUT2D eigenvalue weighted by molar-refractivity contribution is 0.0597. The van der Waals surface area contributed by atoms with Gasteiger partial charge in [-0.3, -0.25) is 4.90 Å². The van der Waals surface area contributed by atoms with Crippen LogP contribution in [0.25, 0.3) is 0 Å². The molecule has 0 aliphatic carbocycles. The van der Waals surface area contributed by atoms with Crippen LogP contribution in [-0.2, 0) is 5.60 Å². The molecule has 0 aliphatic rings. The van der Waals surface area contributed by atoms with Gasteiger partial charge in [0.15, 0.2) is 0 Å². The molecule has 1 rings (SSSR count). The van der Waals surface area contributed by atoms with E-state index in [-0.39, 0.29) is 12.6 Å². The Balaban J connectivity index is 2.34. The highest BCUT2D eigenvalue weighted by molar-refractivity contribution is 7.08. The molecule has 5 nitrogen and oxygen atoms in total. The molecular weight excluding hydrogens is 286 g/mol. The van der Waals surface area contributed by atoms with Gasteiger partial charge in [0.2, 0.25) is 0 Å². The summed E-state index contributed by atoms with van der Waals surface area (Å²) in [7, 11) is 0. The van der Waals surface area contributed by atoms with E-state index in [2.05, 4.69) is 36.3 Å². The fourth-order valence-electron chi connectivity index (χ4n) is 2.20. The molecule has 0 saturated heterocycles. The maximum absolute atomic E-state index is 11.8. The lowest BCUT2D eigenvalue weighted by atomic mass is 9.99. The number of hydrogen-bond donors (Lipinski definition) is 3. The summed E-state index contributed by atoms with van der Waals surface area (Å²) in [6.07, 6.45) is 0. The number of rotatable bonds is 8. The predicted molar refractivity (Wildman–Crippen MR) is 87.7 cm³/mol. The van der Waals surface area contributed by atoms with Crippen LogP contribution in [0.1, 0.15) is 33.3 Å². The number of carbonyl (C=O) groups excluding carboxylic acids is 1. The molecule has 3 N–H and O–H groups in total. The Kier molecular flexibility index (Phi) is 7.14. The Hall–Kier alpha value is -1.11. The highest BCUT2D eigenvalue weighted by atomic mass is 32.1. The van der Waals surface area contributed by atoms with Gasteiger partial charge in [-0.05, 0) is 49.3 Å². The van der Waals surface area contributed by atoms with Crippen molar-refractivity contribution in [3.8, 4) is 0 Å². The van der Waals surface area contributed by atoms with E-state index in [1.807, 2.05) is 16.8 Å². The third kappa shape index (κ3) is 5.65. The molecule has 0 aromatic carbocycles. The van der Waals surface area contributed by atoms with Crippen molar-refractivity contribution in [2.75, 3.05) is 26.2 Å². The number of amides is 2. The van der Waals surface area contributed by atoms with Gasteiger partial charge >= 0.3 is 6.03 Å². The summed E-state index contributed by atoms with van der Waals surface area (Å²) in [5.74, 6) is 0. The maximum Gasteiger partial charge on any atom is 0.314 e. The summed E-state index contributed by atoms with van der Waals surface area (Å²) in [5.41, 5.74) is -0.216. The molecule has 6 heteroatoms. The number of likely N-dealkylation sites (N-methyl/N-ethyl adjacent to an activating group) is 1. The van der Waals surface area contributed by atoms with Crippen LogP contribution in [0.2, 0.25) is 0 Å². The van der Waals surface area contributed by atoms with Crippen LogP contribution in [0.4, 0.5) is 4.79 Å². The standard InChI is InChI=1S/C15H27N3O2S/c1-5-18(6-2)12(3)9-16-14(19)17-11-15(4,20)13-7-8-21-10-13/h7-8,10,12,20H,5-6,9,11H2,1-4H3,(H2,16,17,19). The molecule has 0 spiro atoms. The normalized spacial score (nSPS) is 15.5. The van der Waals surface area contributed by atoms with Crippen LogP contribution >= 0.6 is 11.3 Å². The second-order valence-electron chi connectivity index (χ2n) is 5.42. The number of nitrogens with zero attached hydrogens (tertiary/aromatic N) is 1. The number of nitrogens with one attached hydrogen (secondary N) is 2. The molecule has 0 fully saturated rings. The summed E-state index contributed by atoms with van der Waals surface area (Å²) >= 11 is 1.53. The first-order chi connectivity index (χ1) is 9.90. The van der Waals surface area contributed by atoms with Crippen molar-refractivity contribution >= 4 is 17.4 Å². The molecule has 120 valence electrons. The molecule has 1 aromatic rings. The molecule has 21 heavy (non-hydrogen) atoms. The van der Waals surface area contributed by atoms with Crippen LogP contribution < -0.4 is 10.6 Å². The second-order valence-corrected chi connectivity index (χ2v) is 6.20. The number of urea groups is 1. The zero-order valence-electron chi connectivity index (χ0n) is 13.3. The van der Waals surface area contributed by atoms with Gasteiger partial charge < -0.3 is 15.7 Å². The Morgan fingerprint density at radius 2 is 2.10 bits per heavy atom. The molecule has 2 atom stereocenters. The molecule has 0 aliphatic heterocycles. The molecule has 1 heterocycles. The van der Waals surface area contributed by atoms with Crippen LogP contribution in [0.3, 0.4) is 0 Å². The topological polar surface area (TPSA) is 64.6 Å². The first-order valence-corrected chi connectivity index (χ1v) is 8.35. The fraction of sp³-hybridized carbons (Fsp3) is 0.667. The summed E-state index contributed by atoms with van der Waals surface area (Å²) in [6, 6.07) is 1.92. The minimum absolute atomic E-state index is 0.190.